The maximum Gasteiger partial charge on any atom is 0.335 e. The number of aliphatic hydroxyl groups is 1. The summed E-state index contributed by atoms with van der Waals surface area (Å²) in [7, 11) is -9.05. The predicted molar refractivity (Wildman–Crippen MR) is 202 cm³/mol. The number of fused-ring (bicyclic) bond motifs is 3. The van der Waals surface area contributed by atoms with E-state index in [1.807, 2.05) is 0 Å². The summed E-state index contributed by atoms with van der Waals surface area (Å²) < 4.78 is 44.6. The van der Waals surface area contributed by atoms with Gasteiger partial charge >= 0.3 is 17.1 Å². The quantitative estimate of drug-likeness (QED) is 0.280. The van der Waals surface area contributed by atoms with Gasteiger partial charge in [0.05, 0.1) is 0 Å². The van der Waals surface area contributed by atoms with E-state index in [4.69, 9.17) is 26.9 Å². The van der Waals surface area contributed by atoms with Crippen molar-refractivity contribution >= 4 is 35.8 Å². The van der Waals surface area contributed by atoms with Crippen LogP contribution in [0.5, 0.6) is 0 Å². The molecule has 49 heavy (non-hydrogen) atoms. The highest BCUT2D eigenvalue weighted by Gasteiger charge is 2.70. The van der Waals surface area contributed by atoms with Gasteiger partial charge in [-0.15, -0.1) is 0 Å². The van der Waals surface area contributed by atoms with Crippen molar-refractivity contribution in [1.82, 2.24) is 0 Å². The zero-order chi connectivity index (χ0) is 35.6. The normalized spacial score (nSPS) is 31.0. The molecular weight excluding hydrogens is 665 g/mol. The molecule has 2 aromatic rings. The van der Waals surface area contributed by atoms with Crippen LogP contribution in [0.3, 0.4) is 0 Å². The smallest absolute Gasteiger partial charge is 0.335 e. The minimum atomic E-state index is -3.11. The third kappa shape index (κ3) is 6.13. The van der Waals surface area contributed by atoms with Gasteiger partial charge in [0, 0.05) is 12.8 Å². The molecule has 6 atom stereocenters. The summed E-state index contributed by atoms with van der Waals surface area (Å²) in [5.74, 6) is -0.710. The number of rotatable bonds is 8. The highest BCUT2D eigenvalue weighted by molar-refractivity contribution is 6.99. The third-order valence-corrected chi connectivity index (χ3v) is 27.2. The lowest BCUT2D eigenvalue weighted by Gasteiger charge is -2.52. The summed E-state index contributed by atoms with van der Waals surface area (Å²) in [6, 6.07) is 21.3. The van der Waals surface area contributed by atoms with E-state index in [1.54, 1.807) is 0 Å². The van der Waals surface area contributed by atoms with Gasteiger partial charge in [-0.1, -0.05) is 137 Å². The average Bonchev–Trinajstić information content (AvgIpc) is 3.62. The molecule has 4 fully saturated rings. The zero-order valence-electron chi connectivity index (χ0n) is 31.8. The Hall–Kier alpha value is -1.19. The Labute approximate surface area is 299 Å². The van der Waals surface area contributed by atoms with E-state index in [1.165, 1.54) is 0 Å². The molecule has 272 valence electrons. The van der Waals surface area contributed by atoms with Crippen LogP contribution in [-0.4, -0.2) is 73.0 Å². The summed E-state index contributed by atoms with van der Waals surface area (Å²) in [5, 5.41) is 15.0. The summed E-state index contributed by atoms with van der Waals surface area (Å²) in [6.45, 7) is 24.7. The zero-order valence-corrected chi connectivity index (χ0v) is 34.8. The first kappa shape index (κ1) is 37.6. The summed E-state index contributed by atoms with van der Waals surface area (Å²) in [5.41, 5.74) is 0.622. The van der Waals surface area contributed by atoms with E-state index in [0.29, 0.717) is 0 Å². The van der Waals surface area contributed by atoms with E-state index in [9.17, 15) is 5.11 Å². The third-order valence-electron chi connectivity index (χ3n) is 11.9. The van der Waals surface area contributed by atoms with Crippen molar-refractivity contribution in [3.05, 3.63) is 60.7 Å². The molecule has 2 aromatic carbocycles. The van der Waals surface area contributed by atoms with Gasteiger partial charge in [-0.25, -0.2) is 0 Å². The fourth-order valence-corrected chi connectivity index (χ4v) is 25.4. The number of hydrogen-bond donors (Lipinski definition) is 1. The first-order valence-electron chi connectivity index (χ1n) is 18.9. The molecule has 6 rings (SSSR count). The Balaban J connectivity index is 1.55. The highest BCUT2D eigenvalue weighted by atomic mass is 28.5. The van der Waals surface area contributed by atoms with Crippen molar-refractivity contribution < 1.29 is 32.0 Å². The fourth-order valence-electron chi connectivity index (χ4n) is 9.45. The van der Waals surface area contributed by atoms with E-state index in [-0.39, 0.29) is 27.2 Å². The largest absolute Gasteiger partial charge is 0.414 e. The molecule has 0 amide bonds. The molecule has 10 heteroatoms. The first-order chi connectivity index (χ1) is 23.0. The molecule has 0 bridgehead atoms. The van der Waals surface area contributed by atoms with Crippen molar-refractivity contribution in [2.45, 2.75) is 171 Å². The Bertz CT molecular complexity index is 1350. The maximum atomic E-state index is 13.0. The molecule has 1 N–H and O–H groups in total. The van der Waals surface area contributed by atoms with Crippen LogP contribution in [0.1, 0.15) is 102 Å². The maximum absolute atomic E-state index is 13.0. The molecule has 2 saturated heterocycles. The molecule has 0 radical (unpaired) electrons. The van der Waals surface area contributed by atoms with Crippen LogP contribution < -0.4 is 10.4 Å². The topological polar surface area (TPSA) is 75.6 Å². The average molecular weight is 727 g/mol. The molecule has 2 aliphatic carbocycles. The minimum Gasteiger partial charge on any atom is -0.414 e. The molecule has 2 aliphatic heterocycles. The summed E-state index contributed by atoms with van der Waals surface area (Å²) in [4.78, 5) is 0. The second kappa shape index (κ2) is 13.7. The number of hydrogen-bond acceptors (Lipinski definition) is 7. The second-order valence-corrected chi connectivity index (χ2v) is 30.4. The number of benzene rings is 2. The van der Waals surface area contributed by atoms with Gasteiger partial charge < -0.3 is 32.0 Å². The Kier molecular flexibility index (Phi) is 10.5. The molecule has 1 spiro atoms. The molecule has 2 heterocycles. The number of aliphatic hydroxyl groups excluding tert-OH is 1. The monoisotopic (exact) mass is 726 g/mol. The van der Waals surface area contributed by atoms with E-state index in [2.05, 4.69) is 137 Å². The van der Waals surface area contributed by atoms with Crippen LogP contribution in [0.2, 0.25) is 27.2 Å². The number of ether oxygens (including phenoxy) is 2. The summed E-state index contributed by atoms with van der Waals surface area (Å²) >= 11 is 0. The predicted octanol–water partition coefficient (Wildman–Crippen LogP) is 7.69. The lowest BCUT2D eigenvalue weighted by atomic mass is 9.85. The van der Waals surface area contributed by atoms with Crippen LogP contribution in [0.25, 0.3) is 0 Å². The molecular formula is C39H62O7Si3. The van der Waals surface area contributed by atoms with Gasteiger partial charge in [0.2, 0.25) is 0 Å². The van der Waals surface area contributed by atoms with Crippen molar-refractivity contribution in [3.63, 3.8) is 0 Å². The van der Waals surface area contributed by atoms with Crippen molar-refractivity contribution in [2.24, 2.45) is 0 Å². The van der Waals surface area contributed by atoms with Crippen molar-refractivity contribution in [1.29, 1.82) is 0 Å². The molecule has 2 saturated carbocycles. The Morgan fingerprint density at radius 1 is 0.673 bits per heavy atom. The molecule has 0 unspecified atom stereocenters. The van der Waals surface area contributed by atoms with Crippen LogP contribution >= 0.6 is 0 Å². The first-order valence-corrected chi connectivity index (χ1v) is 24.8. The van der Waals surface area contributed by atoms with Gasteiger partial charge in [0.25, 0.3) is 8.32 Å². The van der Waals surface area contributed by atoms with Crippen molar-refractivity contribution in [3.8, 4) is 0 Å². The van der Waals surface area contributed by atoms with Gasteiger partial charge in [-0.05, 0) is 50.4 Å². The lowest BCUT2D eigenvalue weighted by Crippen LogP contribution is -2.73. The Morgan fingerprint density at radius 3 is 1.53 bits per heavy atom. The second-order valence-electron chi connectivity index (χ2n) is 17.3. The van der Waals surface area contributed by atoms with Crippen LogP contribution in [0, 0.1) is 0 Å². The fraction of sp³-hybridized carbons (Fsp3) is 0.692. The van der Waals surface area contributed by atoms with Crippen molar-refractivity contribution in [2.75, 3.05) is 0 Å². The van der Waals surface area contributed by atoms with E-state index < -0.39 is 67.9 Å². The van der Waals surface area contributed by atoms with Crippen LogP contribution in [-0.2, 0) is 26.9 Å². The summed E-state index contributed by atoms with van der Waals surface area (Å²) in [6.07, 6.45) is -0.215. The highest BCUT2D eigenvalue weighted by Crippen LogP contribution is 2.54. The van der Waals surface area contributed by atoms with E-state index >= 15 is 0 Å². The van der Waals surface area contributed by atoms with Gasteiger partial charge in [0.15, 0.2) is 5.79 Å². The standard InChI is InChI=1S/C39H62O7Si3/c1-26(2)48(27(3)4)44-34-32(40)33(43-47(38(9,10)11,30-20-14-12-15-21-30)31-22-16-13-17-23-31)35-36(42-39(41-35)24-18-19-25-39)37(34)45-49(46-48,28(5)6)29(7)8/h12-17,20-23,26-29,32-37,40H,18-19,24-25H2,1-11H3/t32-,33-,34+,35-,36-,37-/m0/s1. The van der Waals surface area contributed by atoms with Gasteiger partial charge in [-0.3, -0.25) is 0 Å². The lowest BCUT2D eigenvalue weighted by molar-refractivity contribution is -0.179. The SMILES string of the molecule is CC(C)[Si]1(C(C)C)O[C@@H]2[C@H]3OC4(CCCC4)O[C@H]3[C@@H](O[Si](c3ccccc3)(c3ccccc3)C(C)(C)C)[C@H](O)[C@H]2O[Si](C(C)C)(C(C)C)O1. The van der Waals surface area contributed by atoms with Crippen LogP contribution in [0.4, 0.5) is 0 Å². The van der Waals surface area contributed by atoms with Gasteiger partial charge in [0.1, 0.15) is 36.6 Å². The van der Waals surface area contributed by atoms with E-state index in [0.717, 1.165) is 36.1 Å². The van der Waals surface area contributed by atoms with Crippen LogP contribution in [0.15, 0.2) is 60.7 Å². The molecule has 4 aliphatic rings. The molecule has 0 aromatic heterocycles. The Morgan fingerprint density at radius 2 is 1.10 bits per heavy atom. The minimum absolute atomic E-state index is 0.141. The molecule has 7 nitrogen and oxygen atoms in total. The van der Waals surface area contributed by atoms with Gasteiger partial charge in [-0.2, -0.15) is 0 Å².